The summed E-state index contributed by atoms with van der Waals surface area (Å²) in [5, 5.41) is 3.29. The summed E-state index contributed by atoms with van der Waals surface area (Å²) < 4.78 is 10.6. The van der Waals surface area contributed by atoms with Crippen LogP contribution in [-0.4, -0.2) is 26.7 Å². The number of nitrogens with two attached hydrogens (primary N) is 1. The molecule has 5 heteroatoms. The fourth-order valence-corrected chi connectivity index (χ4v) is 2.19. The van der Waals surface area contributed by atoms with Gasteiger partial charge in [-0.1, -0.05) is 0 Å². The summed E-state index contributed by atoms with van der Waals surface area (Å²) in [4.78, 5) is 12.0. The molecule has 110 valence electrons. The van der Waals surface area contributed by atoms with Crippen LogP contribution < -0.4 is 20.5 Å². The molecule has 1 aliphatic rings. The number of rotatable bonds is 7. The van der Waals surface area contributed by atoms with Gasteiger partial charge in [-0.2, -0.15) is 0 Å². The third kappa shape index (κ3) is 2.88. The van der Waals surface area contributed by atoms with Crippen LogP contribution in [0, 0.1) is 5.92 Å². The summed E-state index contributed by atoms with van der Waals surface area (Å²) in [5.74, 6) is 1.51. The lowest BCUT2D eigenvalue weighted by atomic mass is 9.89. The highest BCUT2D eigenvalue weighted by molar-refractivity contribution is 5.86. The number of methoxy groups -OCH3 is 2. The molecule has 0 aliphatic heterocycles. The quantitative estimate of drug-likeness (QED) is 0.791. The van der Waals surface area contributed by atoms with Crippen molar-refractivity contribution in [2.45, 2.75) is 25.3 Å². The Morgan fingerprint density at radius 3 is 2.60 bits per heavy atom. The van der Waals surface area contributed by atoms with Crippen molar-refractivity contribution >= 4 is 5.91 Å². The Balaban J connectivity index is 2.37. The Kier molecular flexibility index (Phi) is 4.18. The molecule has 1 saturated carbocycles. The lowest BCUT2D eigenvalue weighted by molar-refractivity contribution is -0.124. The van der Waals surface area contributed by atoms with Gasteiger partial charge in [0.05, 0.1) is 14.2 Å². The first kappa shape index (κ1) is 14.7. The highest BCUT2D eigenvalue weighted by atomic mass is 16.5. The van der Waals surface area contributed by atoms with E-state index < -0.39 is 11.4 Å². The number of hydrogen-bond donors (Lipinski definition) is 2. The van der Waals surface area contributed by atoms with Crippen molar-refractivity contribution in [1.29, 1.82) is 0 Å². The average molecular weight is 278 g/mol. The highest BCUT2D eigenvalue weighted by Crippen LogP contribution is 2.35. The van der Waals surface area contributed by atoms with E-state index in [1.807, 2.05) is 0 Å². The number of primary amides is 1. The van der Waals surface area contributed by atoms with Gasteiger partial charge < -0.3 is 15.2 Å². The third-order valence-corrected chi connectivity index (χ3v) is 3.88. The fourth-order valence-electron chi connectivity index (χ4n) is 2.19. The van der Waals surface area contributed by atoms with Gasteiger partial charge in [-0.3, -0.25) is 10.1 Å². The zero-order chi connectivity index (χ0) is 14.8. The third-order valence-electron chi connectivity index (χ3n) is 3.88. The Labute approximate surface area is 119 Å². The van der Waals surface area contributed by atoms with Crippen LogP contribution in [0.15, 0.2) is 18.2 Å². The Hall–Kier alpha value is -1.75. The van der Waals surface area contributed by atoms with E-state index in [1.54, 1.807) is 39.3 Å². The molecule has 1 fully saturated rings. The van der Waals surface area contributed by atoms with Gasteiger partial charge in [-0.25, -0.2) is 0 Å². The van der Waals surface area contributed by atoms with Gasteiger partial charge in [0, 0.05) is 5.56 Å². The van der Waals surface area contributed by atoms with Gasteiger partial charge in [-0.15, -0.1) is 0 Å². The van der Waals surface area contributed by atoms with Gasteiger partial charge in [0.2, 0.25) is 5.91 Å². The molecular weight excluding hydrogens is 256 g/mol. The number of amides is 1. The van der Waals surface area contributed by atoms with E-state index in [4.69, 9.17) is 15.2 Å². The Morgan fingerprint density at radius 1 is 1.40 bits per heavy atom. The summed E-state index contributed by atoms with van der Waals surface area (Å²) in [6.45, 7) is 2.56. The summed E-state index contributed by atoms with van der Waals surface area (Å²) in [6.07, 6.45) is 2.41. The first-order chi connectivity index (χ1) is 9.51. The molecule has 1 amide bonds. The van der Waals surface area contributed by atoms with Crippen LogP contribution in [0.4, 0.5) is 0 Å². The second-order valence-electron chi connectivity index (χ2n) is 5.38. The van der Waals surface area contributed by atoms with E-state index >= 15 is 0 Å². The SMILES string of the molecule is COc1ccc(OC)c(C(C)(NCC2CC2)C(N)=O)c1. The number of ether oxygens (including phenoxy) is 2. The van der Waals surface area contributed by atoms with Crippen LogP contribution >= 0.6 is 0 Å². The number of benzene rings is 1. The number of carbonyl (C=O) groups is 1. The van der Waals surface area contributed by atoms with Crippen LogP contribution in [0.25, 0.3) is 0 Å². The Morgan fingerprint density at radius 2 is 2.10 bits per heavy atom. The van der Waals surface area contributed by atoms with Crippen molar-refractivity contribution < 1.29 is 14.3 Å². The lowest BCUT2D eigenvalue weighted by Gasteiger charge is -2.30. The van der Waals surface area contributed by atoms with Gasteiger partial charge in [-0.05, 0) is 50.4 Å². The maximum Gasteiger partial charge on any atom is 0.242 e. The minimum absolute atomic E-state index is 0.426. The monoisotopic (exact) mass is 278 g/mol. The van der Waals surface area contributed by atoms with Crippen molar-refractivity contribution in [2.24, 2.45) is 11.7 Å². The zero-order valence-corrected chi connectivity index (χ0v) is 12.2. The van der Waals surface area contributed by atoms with Crippen molar-refractivity contribution in [3.8, 4) is 11.5 Å². The largest absolute Gasteiger partial charge is 0.497 e. The molecule has 1 aliphatic carbocycles. The second kappa shape index (κ2) is 5.71. The van der Waals surface area contributed by atoms with Crippen molar-refractivity contribution in [3.05, 3.63) is 23.8 Å². The molecule has 20 heavy (non-hydrogen) atoms. The van der Waals surface area contributed by atoms with Crippen molar-refractivity contribution in [2.75, 3.05) is 20.8 Å². The summed E-state index contributed by atoms with van der Waals surface area (Å²) >= 11 is 0. The molecule has 1 aromatic rings. The first-order valence-electron chi connectivity index (χ1n) is 6.78. The van der Waals surface area contributed by atoms with Gasteiger partial charge in [0.1, 0.15) is 17.0 Å². The van der Waals surface area contributed by atoms with E-state index in [1.165, 1.54) is 12.8 Å². The van der Waals surface area contributed by atoms with Crippen LogP contribution in [0.2, 0.25) is 0 Å². The predicted octanol–water partition coefficient (Wildman–Crippen LogP) is 1.40. The molecule has 0 heterocycles. The highest BCUT2D eigenvalue weighted by Gasteiger charge is 2.37. The standard InChI is InChI=1S/C15H22N2O3/c1-15(14(16)18,17-9-10-4-5-10)12-8-11(19-2)6-7-13(12)20-3/h6-8,10,17H,4-5,9H2,1-3H3,(H2,16,18). The van der Waals surface area contributed by atoms with Crippen LogP contribution in [0.3, 0.4) is 0 Å². The molecule has 0 spiro atoms. The molecule has 0 saturated heterocycles. The minimum atomic E-state index is -0.970. The minimum Gasteiger partial charge on any atom is -0.497 e. The molecule has 5 nitrogen and oxygen atoms in total. The first-order valence-corrected chi connectivity index (χ1v) is 6.78. The zero-order valence-electron chi connectivity index (χ0n) is 12.2. The van der Waals surface area contributed by atoms with E-state index in [0.29, 0.717) is 23.0 Å². The average Bonchev–Trinajstić information content (AvgIpc) is 3.28. The van der Waals surface area contributed by atoms with Gasteiger partial charge >= 0.3 is 0 Å². The lowest BCUT2D eigenvalue weighted by Crippen LogP contribution is -2.51. The van der Waals surface area contributed by atoms with Crippen LogP contribution in [-0.2, 0) is 10.3 Å². The number of carbonyl (C=O) groups excluding carboxylic acids is 1. The maximum atomic E-state index is 12.0. The van der Waals surface area contributed by atoms with Gasteiger partial charge in [0.25, 0.3) is 0 Å². The summed E-state index contributed by atoms with van der Waals surface area (Å²) in [6, 6.07) is 5.38. The van der Waals surface area contributed by atoms with E-state index in [-0.39, 0.29) is 0 Å². The second-order valence-corrected chi connectivity index (χ2v) is 5.38. The van der Waals surface area contributed by atoms with E-state index in [2.05, 4.69) is 5.32 Å². The topological polar surface area (TPSA) is 73.6 Å². The molecule has 0 aromatic heterocycles. The van der Waals surface area contributed by atoms with E-state index in [9.17, 15) is 4.79 Å². The molecule has 2 rings (SSSR count). The van der Waals surface area contributed by atoms with Gasteiger partial charge in [0.15, 0.2) is 0 Å². The molecule has 1 aromatic carbocycles. The van der Waals surface area contributed by atoms with Crippen molar-refractivity contribution in [3.63, 3.8) is 0 Å². The molecule has 0 radical (unpaired) electrons. The van der Waals surface area contributed by atoms with E-state index in [0.717, 1.165) is 6.54 Å². The molecule has 3 N–H and O–H groups in total. The molecule has 0 bridgehead atoms. The number of nitrogens with one attached hydrogen (secondary N) is 1. The number of hydrogen-bond acceptors (Lipinski definition) is 4. The molecular formula is C15H22N2O3. The van der Waals surface area contributed by atoms with Crippen LogP contribution in [0.1, 0.15) is 25.3 Å². The normalized spacial score (nSPS) is 17.4. The summed E-state index contributed by atoms with van der Waals surface area (Å²) in [7, 11) is 3.17. The smallest absolute Gasteiger partial charge is 0.242 e. The predicted molar refractivity (Wildman–Crippen MR) is 76.8 cm³/mol. The van der Waals surface area contributed by atoms with Crippen LogP contribution in [0.5, 0.6) is 11.5 Å². The fraction of sp³-hybridized carbons (Fsp3) is 0.533. The van der Waals surface area contributed by atoms with Crippen molar-refractivity contribution in [1.82, 2.24) is 5.32 Å². The maximum absolute atomic E-state index is 12.0. The molecule has 1 unspecified atom stereocenters. The summed E-state index contributed by atoms with van der Waals surface area (Å²) in [5.41, 5.74) is 5.36. The Bertz CT molecular complexity index is 500. The molecule has 1 atom stereocenters.